The number of nitrogens with zero attached hydrogens (tertiary/aromatic N) is 3. The lowest BCUT2D eigenvalue weighted by Gasteiger charge is -2.22. The number of para-hydroxylation sites is 1. The zero-order valence-corrected chi connectivity index (χ0v) is 18.8. The molecule has 12 heteroatoms. The van der Waals surface area contributed by atoms with Crippen molar-refractivity contribution < 1.29 is 17.9 Å². The van der Waals surface area contributed by atoms with Crippen molar-refractivity contribution in [1.29, 1.82) is 0 Å². The van der Waals surface area contributed by atoms with Gasteiger partial charge in [0.15, 0.2) is 0 Å². The van der Waals surface area contributed by atoms with Crippen LogP contribution in [0, 0.1) is 0 Å². The number of rotatable bonds is 7. The molecule has 2 N–H and O–H groups in total. The Morgan fingerprint density at radius 1 is 1.19 bits per heavy atom. The van der Waals surface area contributed by atoms with Gasteiger partial charge in [0.25, 0.3) is 0 Å². The highest BCUT2D eigenvalue weighted by Gasteiger charge is 2.36. The van der Waals surface area contributed by atoms with Gasteiger partial charge in [-0.2, -0.15) is 13.2 Å². The average molecular weight is 497 g/mol. The number of halogens is 6. The second-order valence-electron chi connectivity index (χ2n) is 6.41. The van der Waals surface area contributed by atoms with Crippen LogP contribution in [0.25, 0.3) is 10.9 Å². The Morgan fingerprint density at radius 2 is 1.94 bits per heavy atom. The van der Waals surface area contributed by atoms with Crippen LogP contribution < -0.4 is 15.4 Å². The van der Waals surface area contributed by atoms with Crippen LogP contribution in [0.2, 0.25) is 10.4 Å². The maximum Gasteiger partial charge on any atom is 0.419 e. The Bertz CT molecular complexity index is 1050. The first kappa shape index (κ1) is 25.2. The molecule has 0 spiro atoms. The number of nitrogens with one attached hydrogen (secondary N) is 2. The number of pyridine rings is 1. The highest BCUT2D eigenvalue weighted by atomic mass is 35.5. The number of likely N-dealkylation sites (N-methyl/N-ethyl adjacent to an activating group) is 1. The van der Waals surface area contributed by atoms with Gasteiger partial charge in [-0.15, -0.1) is 12.4 Å². The van der Waals surface area contributed by atoms with E-state index in [-0.39, 0.29) is 35.2 Å². The van der Waals surface area contributed by atoms with E-state index < -0.39 is 17.8 Å². The molecule has 2 aromatic heterocycles. The molecule has 3 aromatic rings. The molecule has 0 aliphatic carbocycles. The monoisotopic (exact) mass is 495 g/mol. The molecular formula is C19H19Cl3F3N5O. The van der Waals surface area contributed by atoms with Crippen molar-refractivity contribution in [1.82, 2.24) is 20.3 Å². The van der Waals surface area contributed by atoms with Crippen molar-refractivity contribution in [2.45, 2.75) is 19.1 Å². The zero-order chi connectivity index (χ0) is 21.9. The number of benzene rings is 1. The van der Waals surface area contributed by atoms with Gasteiger partial charge < -0.3 is 15.4 Å². The molecule has 31 heavy (non-hydrogen) atoms. The Morgan fingerprint density at radius 3 is 2.61 bits per heavy atom. The van der Waals surface area contributed by atoms with E-state index >= 15 is 0 Å². The van der Waals surface area contributed by atoms with Gasteiger partial charge in [-0.25, -0.2) is 15.0 Å². The SMILES string of the molecule is CNCCOc1c([C@@H](C)Nc2nc(Cl)nc3cnc(Cl)cc23)cccc1C(F)(F)F.Cl. The van der Waals surface area contributed by atoms with E-state index in [2.05, 4.69) is 25.6 Å². The lowest BCUT2D eigenvalue weighted by atomic mass is 10.0. The molecule has 6 nitrogen and oxygen atoms in total. The van der Waals surface area contributed by atoms with Gasteiger partial charge in [-0.1, -0.05) is 23.7 Å². The number of fused-ring (bicyclic) bond motifs is 1. The quantitative estimate of drug-likeness (QED) is 0.254. The zero-order valence-electron chi connectivity index (χ0n) is 16.4. The molecule has 0 saturated carbocycles. The lowest BCUT2D eigenvalue weighted by molar-refractivity contribution is -0.139. The molecule has 0 bridgehead atoms. The average Bonchev–Trinajstić information content (AvgIpc) is 2.68. The van der Waals surface area contributed by atoms with Crippen LogP contribution in [-0.4, -0.2) is 35.2 Å². The van der Waals surface area contributed by atoms with Crippen LogP contribution in [0.1, 0.15) is 24.1 Å². The summed E-state index contributed by atoms with van der Waals surface area (Å²) in [6.07, 6.45) is -3.12. The van der Waals surface area contributed by atoms with Gasteiger partial charge in [0, 0.05) is 17.5 Å². The summed E-state index contributed by atoms with van der Waals surface area (Å²) in [5.41, 5.74) is -0.0739. The second-order valence-corrected chi connectivity index (χ2v) is 7.13. The van der Waals surface area contributed by atoms with E-state index in [0.29, 0.717) is 28.8 Å². The Balaban J connectivity index is 0.00000341. The standard InChI is InChI=1S/C19H18Cl2F3N5O.ClH/c1-10(27-17-12-8-15(20)26-9-14(12)28-18(21)29-17)11-4-3-5-13(19(22,23)24)16(11)30-7-6-25-2;/h3-5,8-10,25H,6-7H2,1-2H3,(H,27,28,29);1H/t10-;/m1./s1. The number of anilines is 1. The topological polar surface area (TPSA) is 72.0 Å². The fourth-order valence-electron chi connectivity index (χ4n) is 2.91. The van der Waals surface area contributed by atoms with E-state index in [4.69, 9.17) is 27.9 Å². The number of ether oxygens (including phenoxy) is 1. The summed E-state index contributed by atoms with van der Waals surface area (Å²) in [5.74, 6) is 0.0878. The third kappa shape index (κ3) is 6.00. The maximum absolute atomic E-state index is 13.6. The first-order chi connectivity index (χ1) is 14.2. The molecular weight excluding hydrogens is 478 g/mol. The van der Waals surface area contributed by atoms with Crippen molar-refractivity contribution >= 4 is 52.3 Å². The summed E-state index contributed by atoms with van der Waals surface area (Å²) >= 11 is 12.0. The largest absolute Gasteiger partial charge is 0.491 e. The van der Waals surface area contributed by atoms with Crippen LogP contribution in [0.15, 0.2) is 30.5 Å². The summed E-state index contributed by atoms with van der Waals surface area (Å²) in [5, 5.41) is 6.67. The number of aromatic nitrogens is 3. The van der Waals surface area contributed by atoms with Crippen molar-refractivity contribution in [3.8, 4) is 5.75 Å². The molecule has 2 heterocycles. The summed E-state index contributed by atoms with van der Waals surface area (Å²) in [6.45, 7) is 2.17. The van der Waals surface area contributed by atoms with Crippen LogP contribution in [-0.2, 0) is 6.18 Å². The van der Waals surface area contributed by atoms with Gasteiger partial charge in [-0.05, 0) is 37.7 Å². The minimum Gasteiger partial charge on any atom is -0.491 e. The van der Waals surface area contributed by atoms with Gasteiger partial charge in [0.05, 0.1) is 23.3 Å². The molecule has 0 aliphatic rings. The van der Waals surface area contributed by atoms with Crippen molar-refractivity contribution in [3.63, 3.8) is 0 Å². The van der Waals surface area contributed by atoms with Crippen LogP contribution in [0.5, 0.6) is 5.75 Å². The molecule has 0 aliphatic heterocycles. The van der Waals surface area contributed by atoms with Gasteiger partial charge >= 0.3 is 6.18 Å². The van der Waals surface area contributed by atoms with E-state index in [9.17, 15) is 13.2 Å². The molecule has 0 radical (unpaired) electrons. The van der Waals surface area contributed by atoms with Crippen molar-refractivity contribution in [3.05, 3.63) is 52.0 Å². The van der Waals surface area contributed by atoms with Gasteiger partial charge in [0.2, 0.25) is 5.28 Å². The lowest BCUT2D eigenvalue weighted by Crippen LogP contribution is -2.20. The normalized spacial score (nSPS) is 12.4. The Kier molecular flexibility index (Phi) is 8.53. The summed E-state index contributed by atoms with van der Waals surface area (Å²) in [7, 11) is 1.69. The molecule has 0 unspecified atom stereocenters. The molecule has 3 rings (SSSR count). The Labute approximate surface area is 192 Å². The van der Waals surface area contributed by atoms with E-state index in [1.165, 1.54) is 12.3 Å². The van der Waals surface area contributed by atoms with E-state index in [1.54, 1.807) is 26.1 Å². The predicted molar refractivity (Wildman–Crippen MR) is 118 cm³/mol. The summed E-state index contributed by atoms with van der Waals surface area (Å²) in [6, 6.07) is 4.86. The van der Waals surface area contributed by atoms with Gasteiger partial charge in [-0.3, -0.25) is 0 Å². The third-order valence-electron chi connectivity index (χ3n) is 4.29. The number of hydrogen-bond donors (Lipinski definition) is 2. The van der Waals surface area contributed by atoms with Crippen LogP contribution in [0.4, 0.5) is 19.0 Å². The van der Waals surface area contributed by atoms with Crippen LogP contribution in [0.3, 0.4) is 0 Å². The summed E-state index contributed by atoms with van der Waals surface area (Å²) in [4.78, 5) is 12.2. The summed E-state index contributed by atoms with van der Waals surface area (Å²) < 4.78 is 46.2. The van der Waals surface area contributed by atoms with E-state index in [0.717, 1.165) is 6.07 Å². The van der Waals surface area contributed by atoms with Crippen LogP contribution >= 0.6 is 35.6 Å². The molecule has 0 fully saturated rings. The molecule has 0 amide bonds. The van der Waals surface area contributed by atoms with Crippen molar-refractivity contribution in [2.75, 3.05) is 25.5 Å². The highest BCUT2D eigenvalue weighted by molar-refractivity contribution is 6.30. The third-order valence-corrected chi connectivity index (χ3v) is 4.67. The second kappa shape index (κ2) is 10.5. The fraction of sp³-hybridized carbons (Fsp3) is 0.316. The highest BCUT2D eigenvalue weighted by Crippen LogP contribution is 2.41. The molecule has 1 aromatic carbocycles. The van der Waals surface area contributed by atoms with Crippen molar-refractivity contribution in [2.24, 2.45) is 0 Å². The first-order valence-corrected chi connectivity index (χ1v) is 9.69. The molecule has 1 atom stereocenters. The minimum atomic E-state index is -4.56. The van der Waals surface area contributed by atoms with E-state index in [1.807, 2.05) is 0 Å². The smallest absolute Gasteiger partial charge is 0.419 e. The predicted octanol–water partition coefficient (Wildman–Crippen LogP) is 5.54. The molecule has 0 saturated heterocycles. The Hall–Kier alpha value is -2.07. The fourth-order valence-corrected chi connectivity index (χ4v) is 3.24. The first-order valence-electron chi connectivity index (χ1n) is 8.93. The molecule has 168 valence electrons. The minimum absolute atomic E-state index is 0. The maximum atomic E-state index is 13.6. The van der Waals surface area contributed by atoms with Gasteiger partial charge in [0.1, 0.15) is 23.3 Å². The number of hydrogen-bond acceptors (Lipinski definition) is 6. The number of alkyl halides is 3.